The van der Waals surface area contributed by atoms with Crippen molar-refractivity contribution in [2.75, 3.05) is 14.2 Å². The Morgan fingerprint density at radius 2 is 1.90 bits per heavy atom. The van der Waals surface area contributed by atoms with Gasteiger partial charge in [0.05, 0.1) is 25.6 Å². The van der Waals surface area contributed by atoms with E-state index < -0.39 is 5.82 Å². The minimum atomic E-state index is -0.484. The van der Waals surface area contributed by atoms with E-state index in [2.05, 4.69) is 5.10 Å². The summed E-state index contributed by atoms with van der Waals surface area (Å²) < 4.78 is 31.0. The van der Waals surface area contributed by atoms with Crippen LogP contribution in [0, 0.1) is 19.7 Å². The molecule has 1 heterocycles. The molecule has 0 saturated heterocycles. The van der Waals surface area contributed by atoms with Crippen LogP contribution in [0.4, 0.5) is 4.39 Å². The Bertz CT molecular complexity index is 1050. The SMILES string of the molecule is COc1cccc(-n2nc(C)c(CCC(=O)OCc3ccc(OC)c(F)c3)c2C)c1. The van der Waals surface area contributed by atoms with Crippen LogP contribution >= 0.6 is 0 Å². The average Bonchev–Trinajstić information content (AvgIpc) is 3.04. The quantitative estimate of drug-likeness (QED) is 0.516. The number of hydrogen-bond acceptors (Lipinski definition) is 5. The number of halogens is 1. The Morgan fingerprint density at radius 1 is 1.10 bits per heavy atom. The molecule has 0 atom stereocenters. The van der Waals surface area contributed by atoms with Crippen LogP contribution in [-0.4, -0.2) is 30.0 Å². The summed E-state index contributed by atoms with van der Waals surface area (Å²) in [5.41, 5.74) is 4.29. The molecule has 6 nitrogen and oxygen atoms in total. The van der Waals surface area contributed by atoms with Crippen molar-refractivity contribution < 1.29 is 23.4 Å². The Morgan fingerprint density at radius 3 is 2.60 bits per heavy atom. The highest BCUT2D eigenvalue weighted by molar-refractivity contribution is 5.69. The lowest BCUT2D eigenvalue weighted by Crippen LogP contribution is -2.07. The highest BCUT2D eigenvalue weighted by Gasteiger charge is 2.15. The normalized spacial score (nSPS) is 10.7. The lowest BCUT2D eigenvalue weighted by atomic mass is 10.1. The first-order valence-electron chi connectivity index (χ1n) is 9.60. The second kappa shape index (κ2) is 9.43. The molecule has 0 radical (unpaired) electrons. The van der Waals surface area contributed by atoms with Crippen LogP contribution in [0.2, 0.25) is 0 Å². The molecular formula is C23H25FN2O4. The molecule has 0 saturated carbocycles. The van der Waals surface area contributed by atoms with Crippen LogP contribution in [0.15, 0.2) is 42.5 Å². The standard InChI is InChI=1S/C23H25FN2O4/c1-15-20(16(2)26(25-15)18-6-5-7-19(13-18)28-3)9-11-23(27)30-14-17-8-10-22(29-4)21(24)12-17/h5-8,10,12-13H,9,11,14H2,1-4H3. The zero-order valence-electron chi connectivity index (χ0n) is 17.6. The van der Waals surface area contributed by atoms with Gasteiger partial charge in [0, 0.05) is 18.2 Å². The van der Waals surface area contributed by atoms with Crippen LogP contribution < -0.4 is 9.47 Å². The summed E-state index contributed by atoms with van der Waals surface area (Å²) in [6, 6.07) is 12.1. The van der Waals surface area contributed by atoms with Gasteiger partial charge in [-0.1, -0.05) is 12.1 Å². The van der Waals surface area contributed by atoms with Crippen molar-refractivity contribution in [2.45, 2.75) is 33.3 Å². The van der Waals surface area contributed by atoms with Crippen LogP contribution in [0.5, 0.6) is 11.5 Å². The average molecular weight is 412 g/mol. The van der Waals surface area contributed by atoms with E-state index in [1.54, 1.807) is 13.2 Å². The number of ether oxygens (including phenoxy) is 3. The van der Waals surface area contributed by atoms with E-state index in [4.69, 9.17) is 14.2 Å². The van der Waals surface area contributed by atoms with Crippen molar-refractivity contribution in [3.63, 3.8) is 0 Å². The summed E-state index contributed by atoms with van der Waals surface area (Å²) in [4.78, 5) is 12.2. The van der Waals surface area contributed by atoms with Crippen molar-refractivity contribution in [3.8, 4) is 17.2 Å². The van der Waals surface area contributed by atoms with Crippen molar-refractivity contribution in [1.29, 1.82) is 0 Å². The van der Waals surface area contributed by atoms with E-state index in [1.165, 1.54) is 19.2 Å². The molecule has 0 unspecified atom stereocenters. The van der Waals surface area contributed by atoms with Gasteiger partial charge in [-0.05, 0) is 55.7 Å². The molecule has 30 heavy (non-hydrogen) atoms. The minimum Gasteiger partial charge on any atom is -0.497 e. The van der Waals surface area contributed by atoms with E-state index in [0.717, 1.165) is 28.4 Å². The van der Waals surface area contributed by atoms with Crippen molar-refractivity contribution in [3.05, 3.63) is 70.8 Å². The fourth-order valence-corrected chi connectivity index (χ4v) is 3.29. The molecule has 3 rings (SSSR count). The summed E-state index contributed by atoms with van der Waals surface area (Å²) in [6.45, 7) is 3.91. The van der Waals surface area contributed by atoms with Crippen molar-refractivity contribution in [2.24, 2.45) is 0 Å². The van der Waals surface area contributed by atoms with Gasteiger partial charge in [-0.15, -0.1) is 0 Å². The molecule has 0 spiro atoms. The first-order valence-corrected chi connectivity index (χ1v) is 9.60. The number of aryl methyl sites for hydroxylation is 1. The highest BCUT2D eigenvalue weighted by Crippen LogP contribution is 2.23. The van der Waals surface area contributed by atoms with Crippen LogP contribution in [0.1, 0.15) is 28.9 Å². The molecule has 158 valence electrons. The molecule has 0 bridgehead atoms. The fraction of sp³-hybridized carbons (Fsp3) is 0.304. The number of methoxy groups -OCH3 is 2. The summed E-state index contributed by atoms with van der Waals surface area (Å²) in [5, 5.41) is 4.61. The van der Waals surface area contributed by atoms with Crippen molar-refractivity contribution >= 4 is 5.97 Å². The predicted octanol–water partition coefficient (Wildman–Crippen LogP) is 4.32. The molecule has 3 aromatic rings. The lowest BCUT2D eigenvalue weighted by Gasteiger charge is -2.08. The van der Waals surface area contributed by atoms with Gasteiger partial charge in [0.25, 0.3) is 0 Å². The maximum absolute atomic E-state index is 13.7. The number of rotatable bonds is 8. The molecule has 1 aromatic heterocycles. The number of hydrogen-bond donors (Lipinski definition) is 0. The third-order valence-corrected chi connectivity index (χ3v) is 4.93. The van der Waals surface area contributed by atoms with Gasteiger partial charge >= 0.3 is 5.97 Å². The second-order valence-corrected chi connectivity index (χ2v) is 6.89. The molecular weight excluding hydrogens is 387 g/mol. The molecule has 0 aliphatic heterocycles. The van der Waals surface area contributed by atoms with Crippen LogP contribution in [-0.2, 0) is 22.6 Å². The molecule has 2 aromatic carbocycles. The monoisotopic (exact) mass is 412 g/mol. The van der Waals surface area contributed by atoms with Gasteiger partial charge in [-0.3, -0.25) is 4.79 Å². The Hall–Kier alpha value is -3.35. The molecule has 0 fully saturated rings. The van der Waals surface area contributed by atoms with Gasteiger partial charge < -0.3 is 14.2 Å². The summed E-state index contributed by atoms with van der Waals surface area (Å²) in [7, 11) is 3.02. The highest BCUT2D eigenvalue weighted by atomic mass is 19.1. The smallest absolute Gasteiger partial charge is 0.306 e. The van der Waals surface area contributed by atoms with Crippen molar-refractivity contribution in [1.82, 2.24) is 9.78 Å². The third-order valence-electron chi connectivity index (χ3n) is 4.93. The number of carbonyl (C=O) groups excluding carboxylic acids is 1. The topological polar surface area (TPSA) is 62.6 Å². The van der Waals surface area contributed by atoms with Gasteiger partial charge in [-0.2, -0.15) is 5.10 Å². The molecule has 0 amide bonds. The number of esters is 1. The van der Waals surface area contributed by atoms with E-state index in [0.29, 0.717) is 12.0 Å². The zero-order chi connectivity index (χ0) is 21.7. The van der Waals surface area contributed by atoms with Crippen LogP contribution in [0.25, 0.3) is 5.69 Å². The minimum absolute atomic E-state index is 0.0147. The molecule has 0 aliphatic carbocycles. The number of benzene rings is 2. The fourth-order valence-electron chi connectivity index (χ4n) is 3.29. The van der Waals surface area contributed by atoms with Gasteiger partial charge in [-0.25, -0.2) is 9.07 Å². The molecule has 0 N–H and O–H groups in total. The third kappa shape index (κ3) is 4.79. The Balaban J connectivity index is 1.62. The number of nitrogens with zero attached hydrogens (tertiary/aromatic N) is 2. The van der Waals surface area contributed by atoms with E-state index in [-0.39, 0.29) is 24.7 Å². The number of aromatic nitrogens is 2. The van der Waals surface area contributed by atoms with E-state index in [9.17, 15) is 9.18 Å². The zero-order valence-corrected chi connectivity index (χ0v) is 17.6. The summed E-state index contributed by atoms with van der Waals surface area (Å²) in [5.74, 6) is 0.0747. The molecule has 7 heteroatoms. The lowest BCUT2D eigenvalue weighted by molar-refractivity contribution is -0.144. The van der Waals surface area contributed by atoms with Gasteiger partial charge in [0.15, 0.2) is 11.6 Å². The van der Waals surface area contributed by atoms with Gasteiger partial charge in [0.1, 0.15) is 12.4 Å². The predicted molar refractivity (Wildman–Crippen MR) is 111 cm³/mol. The largest absolute Gasteiger partial charge is 0.497 e. The van der Waals surface area contributed by atoms with E-state index in [1.807, 2.05) is 42.8 Å². The molecule has 0 aliphatic rings. The van der Waals surface area contributed by atoms with E-state index >= 15 is 0 Å². The maximum atomic E-state index is 13.7. The summed E-state index contributed by atoms with van der Waals surface area (Å²) >= 11 is 0. The van der Waals surface area contributed by atoms with Crippen LogP contribution in [0.3, 0.4) is 0 Å². The second-order valence-electron chi connectivity index (χ2n) is 6.89. The number of carbonyl (C=O) groups is 1. The summed E-state index contributed by atoms with van der Waals surface area (Å²) in [6.07, 6.45) is 0.724. The first-order chi connectivity index (χ1) is 14.4. The maximum Gasteiger partial charge on any atom is 0.306 e. The first kappa shape index (κ1) is 21.4. The Labute approximate surface area is 175 Å². The Kier molecular flexibility index (Phi) is 6.72. The van der Waals surface area contributed by atoms with Gasteiger partial charge in [0.2, 0.25) is 0 Å².